The molecule has 0 aliphatic heterocycles. The number of esters is 1. The lowest BCUT2D eigenvalue weighted by atomic mass is 10.1. The van der Waals surface area contributed by atoms with Gasteiger partial charge in [-0.05, 0) is 26.0 Å². The summed E-state index contributed by atoms with van der Waals surface area (Å²) < 4.78 is 18.3. The Balaban J connectivity index is 2.65. The molecule has 94 valence electrons. The molecule has 0 atom stereocenters. The van der Waals surface area contributed by atoms with Crippen molar-refractivity contribution in [2.24, 2.45) is 0 Å². The highest BCUT2D eigenvalue weighted by Crippen LogP contribution is 2.26. The SMILES string of the molecule is CCOC(=O)c1cnc2c(C)c(F)ccc2c1N. The molecule has 0 bridgehead atoms. The Morgan fingerprint density at radius 1 is 1.50 bits per heavy atom. The van der Waals surface area contributed by atoms with Crippen molar-refractivity contribution in [1.29, 1.82) is 0 Å². The first-order chi connectivity index (χ1) is 8.56. The first kappa shape index (κ1) is 12.3. The molecule has 2 aromatic rings. The largest absolute Gasteiger partial charge is 0.462 e. The van der Waals surface area contributed by atoms with Crippen LogP contribution >= 0.6 is 0 Å². The molecule has 0 unspecified atom stereocenters. The van der Waals surface area contributed by atoms with E-state index in [1.165, 1.54) is 18.3 Å². The summed E-state index contributed by atoms with van der Waals surface area (Å²) in [5.74, 6) is -0.871. The Bertz CT molecular complexity index is 626. The summed E-state index contributed by atoms with van der Waals surface area (Å²) >= 11 is 0. The number of rotatable bonds is 2. The second-order valence-electron chi connectivity index (χ2n) is 3.87. The van der Waals surface area contributed by atoms with E-state index in [1.807, 2.05) is 0 Å². The van der Waals surface area contributed by atoms with Crippen LogP contribution in [0.15, 0.2) is 18.3 Å². The van der Waals surface area contributed by atoms with Crippen LogP contribution in [0.1, 0.15) is 22.8 Å². The number of carbonyl (C=O) groups is 1. The third-order valence-corrected chi connectivity index (χ3v) is 2.76. The van der Waals surface area contributed by atoms with E-state index in [0.29, 0.717) is 16.5 Å². The van der Waals surface area contributed by atoms with Crippen molar-refractivity contribution in [3.8, 4) is 0 Å². The highest BCUT2D eigenvalue weighted by atomic mass is 19.1. The quantitative estimate of drug-likeness (QED) is 0.829. The number of nitrogens with zero attached hydrogens (tertiary/aromatic N) is 1. The van der Waals surface area contributed by atoms with Gasteiger partial charge in [-0.15, -0.1) is 0 Å². The summed E-state index contributed by atoms with van der Waals surface area (Å²) in [5.41, 5.74) is 7.25. The van der Waals surface area contributed by atoms with Crippen molar-refractivity contribution >= 4 is 22.6 Å². The maximum atomic E-state index is 13.4. The van der Waals surface area contributed by atoms with Crippen LogP contribution in [0.2, 0.25) is 0 Å². The first-order valence-electron chi connectivity index (χ1n) is 5.56. The zero-order chi connectivity index (χ0) is 13.3. The normalized spacial score (nSPS) is 10.6. The monoisotopic (exact) mass is 248 g/mol. The summed E-state index contributed by atoms with van der Waals surface area (Å²) in [5, 5.41) is 0.555. The maximum absolute atomic E-state index is 13.4. The molecule has 0 aliphatic rings. The molecule has 0 amide bonds. The standard InChI is InChI=1S/C13H13FN2O2/c1-3-18-13(17)9-6-16-12-7(2)10(14)5-4-8(12)11(9)15/h4-6H,3H2,1-2H3,(H2,15,16). The van der Waals surface area contributed by atoms with Gasteiger partial charge < -0.3 is 10.5 Å². The average Bonchev–Trinajstić information content (AvgIpc) is 2.34. The van der Waals surface area contributed by atoms with Gasteiger partial charge in [0.2, 0.25) is 0 Å². The third-order valence-electron chi connectivity index (χ3n) is 2.76. The van der Waals surface area contributed by atoms with Gasteiger partial charge in [0.1, 0.15) is 11.4 Å². The van der Waals surface area contributed by atoms with Crippen LogP contribution in [0.25, 0.3) is 10.9 Å². The maximum Gasteiger partial charge on any atom is 0.341 e. The topological polar surface area (TPSA) is 65.2 Å². The molecule has 2 N–H and O–H groups in total. The molecule has 0 saturated heterocycles. The number of carbonyl (C=O) groups excluding carboxylic acids is 1. The van der Waals surface area contributed by atoms with E-state index in [4.69, 9.17) is 10.5 Å². The van der Waals surface area contributed by atoms with Crippen LogP contribution in [0.3, 0.4) is 0 Å². The molecule has 0 radical (unpaired) electrons. The van der Waals surface area contributed by atoms with Crippen LogP contribution in [-0.2, 0) is 4.74 Å². The molecule has 5 heteroatoms. The molecular weight excluding hydrogens is 235 g/mol. The molecule has 0 spiro atoms. The van der Waals surface area contributed by atoms with Crippen molar-refractivity contribution in [1.82, 2.24) is 4.98 Å². The lowest BCUT2D eigenvalue weighted by Gasteiger charge is -2.09. The van der Waals surface area contributed by atoms with Crippen molar-refractivity contribution in [2.75, 3.05) is 12.3 Å². The number of aryl methyl sites for hydroxylation is 1. The Morgan fingerprint density at radius 2 is 2.22 bits per heavy atom. The van der Waals surface area contributed by atoms with Gasteiger partial charge in [0.15, 0.2) is 0 Å². The predicted octanol–water partition coefficient (Wildman–Crippen LogP) is 2.44. The second-order valence-corrected chi connectivity index (χ2v) is 3.87. The molecule has 0 aliphatic carbocycles. The molecule has 1 aromatic carbocycles. The van der Waals surface area contributed by atoms with Crippen LogP contribution in [0.5, 0.6) is 0 Å². The number of hydrogen-bond donors (Lipinski definition) is 1. The highest BCUT2D eigenvalue weighted by Gasteiger charge is 2.15. The van der Waals surface area contributed by atoms with Crippen molar-refractivity contribution in [3.05, 3.63) is 35.3 Å². The van der Waals surface area contributed by atoms with E-state index < -0.39 is 5.97 Å². The fraction of sp³-hybridized carbons (Fsp3) is 0.231. The third kappa shape index (κ3) is 1.88. The molecule has 4 nitrogen and oxygen atoms in total. The fourth-order valence-electron chi connectivity index (χ4n) is 1.77. The minimum atomic E-state index is -0.522. The number of halogens is 1. The summed E-state index contributed by atoms with van der Waals surface area (Å²) in [6.45, 7) is 3.59. The summed E-state index contributed by atoms with van der Waals surface area (Å²) in [4.78, 5) is 15.7. The number of fused-ring (bicyclic) bond motifs is 1. The number of benzene rings is 1. The van der Waals surface area contributed by atoms with Crippen LogP contribution in [0, 0.1) is 12.7 Å². The van der Waals surface area contributed by atoms with E-state index >= 15 is 0 Å². The number of ether oxygens (including phenoxy) is 1. The van der Waals surface area contributed by atoms with Crippen molar-refractivity contribution in [2.45, 2.75) is 13.8 Å². The summed E-state index contributed by atoms with van der Waals surface area (Å²) in [7, 11) is 0. The predicted molar refractivity (Wildman–Crippen MR) is 66.8 cm³/mol. The minimum Gasteiger partial charge on any atom is -0.462 e. The summed E-state index contributed by atoms with van der Waals surface area (Å²) in [6, 6.07) is 2.83. The van der Waals surface area contributed by atoms with Gasteiger partial charge in [0, 0.05) is 17.1 Å². The van der Waals surface area contributed by atoms with E-state index in [1.54, 1.807) is 13.8 Å². The Morgan fingerprint density at radius 3 is 2.89 bits per heavy atom. The van der Waals surface area contributed by atoms with Crippen LogP contribution < -0.4 is 5.73 Å². The van der Waals surface area contributed by atoms with E-state index in [-0.39, 0.29) is 23.7 Å². The van der Waals surface area contributed by atoms with E-state index in [2.05, 4.69) is 4.98 Å². The number of hydrogen-bond acceptors (Lipinski definition) is 4. The van der Waals surface area contributed by atoms with Gasteiger partial charge in [-0.2, -0.15) is 0 Å². The zero-order valence-corrected chi connectivity index (χ0v) is 10.2. The Labute approximate surface area is 104 Å². The second kappa shape index (κ2) is 4.60. The van der Waals surface area contributed by atoms with Gasteiger partial charge in [0.25, 0.3) is 0 Å². The molecule has 1 aromatic heterocycles. The number of aromatic nitrogens is 1. The van der Waals surface area contributed by atoms with Gasteiger partial charge in [-0.25, -0.2) is 9.18 Å². The average molecular weight is 248 g/mol. The fourth-order valence-corrected chi connectivity index (χ4v) is 1.77. The lowest BCUT2D eigenvalue weighted by Crippen LogP contribution is -2.09. The number of nitrogen functional groups attached to an aromatic ring is 1. The van der Waals surface area contributed by atoms with Crippen molar-refractivity contribution < 1.29 is 13.9 Å². The molecule has 18 heavy (non-hydrogen) atoms. The number of pyridine rings is 1. The van der Waals surface area contributed by atoms with Gasteiger partial charge in [-0.1, -0.05) is 0 Å². The van der Waals surface area contributed by atoms with Crippen LogP contribution in [0.4, 0.5) is 10.1 Å². The highest BCUT2D eigenvalue weighted by molar-refractivity contribution is 6.04. The zero-order valence-electron chi connectivity index (χ0n) is 10.2. The van der Waals surface area contributed by atoms with Crippen molar-refractivity contribution in [3.63, 3.8) is 0 Å². The number of nitrogens with two attached hydrogens (primary N) is 1. The van der Waals surface area contributed by atoms with Gasteiger partial charge in [0.05, 0.1) is 17.8 Å². The molecule has 2 rings (SSSR count). The number of anilines is 1. The van der Waals surface area contributed by atoms with Gasteiger partial charge >= 0.3 is 5.97 Å². The molecular formula is C13H13FN2O2. The summed E-state index contributed by atoms with van der Waals surface area (Å²) in [6.07, 6.45) is 1.32. The Hall–Kier alpha value is -2.17. The van der Waals surface area contributed by atoms with E-state index in [9.17, 15) is 9.18 Å². The lowest BCUT2D eigenvalue weighted by molar-refractivity contribution is 0.0527. The minimum absolute atomic E-state index is 0.204. The molecule has 0 fully saturated rings. The smallest absolute Gasteiger partial charge is 0.341 e. The first-order valence-corrected chi connectivity index (χ1v) is 5.56. The molecule has 0 saturated carbocycles. The molecule has 1 heterocycles. The van der Waals surface area contributed by atoms with Gasteiger partial charge in [-0.3, -0.25) is 4.98 Å². The van der Waals surface area contributed by atoms with E-state index in [0.717, 1.165) is 0 Å². The van der Waals surface area contributed by atoms with Crippen LogP contribution in [-0.4, -0.2) is 17.6 Å². The Kier molecular flexibility index (Phi) is 3.14.